The Morgan fingerprint density at radius 1 is 1.03 bits per heavy atom. The summed E-state index contributed by atoms with van der Waals surface area (Å²) < 4.78 is 13.9. The second kappa shape index (κ2) is 9.06. The minimum absolute atomic E-state index is 0.253. The van der Waals surface area contributed by atoms with E-state index in [1.54, 1.807) is 12.1 Å². The van der Waals surface area contributed by atoms with Crippen molar-refractivity contribution >= 4 is 27.4 Å². The van der Waals surface area contributed by atoms with Gasteiger partial charge in [-0.2, -0.15) is 5.10 Å². The molecule has 2 N–H and O–H groups in total. The summed E-state index contributed by atoms with van der Waals surface area (Å²) in [7, 11) is 3.97. The number of hydrogen-bond donors (Lipinski definition) is 2. The number of halogens is 1. The summed E-state index contributed by atoms with van der Waals surface area (Å²) in [6.07, 6.45) is 7.73. The lowest BCUT2D eigenvalue weighted by Crippen LogP contribution is -2.09. The van der Waals surface area contributed by atoms with Gasteiger partial charge in [0.25, 0.3) is 0 Å². The largest absolute Gasteiger partial charge is 0.378 e. The molecule has 0 saturated heterocycles. The number of pyridine rings is 1. The van der Waals surface area contributed by atoms with Crippen molar-refractivity contribution in [3.05, 3.63) is 103 Å². The summed E-state index contributed by atoms with van der Waals surface area (Å²) in [5, 5.41) is 9.67. The highest BCUT2D eigenvalue weighted by molar-refractivity contribution is 6.01. The van der Waals surface area contributed by atoms with Crippen LogP contribution in [0.3, 0.4) is 0 Å². The minimum atomic E-state index is -0.253. The fourth-order valence-electron chi connectivity index (χ4n) is 4.31. The highest BCUT2D eigenvalue weighted by Crippen LogP contribution is 2.34. The molecule has 0 unspecified atom stereocenters. The lowest BCUT2D eigenvalue weighted by Gasteiger charge is -2.14. The van der Waals surface area contributed by atoms with Gasteiger partial charge in [-0.3, -0.25) is 10.1 Å². The van der Waals surface area contributed by atoms with Crippen LogP contribution in [0.1, 0.15) is 12.6 Å². The van der Waals surface area contributed by atoms with Crippen LogP contribution in [0.4, 0.5) is 4.39 Å². The van der Waals surface area contributed by atoms with E-state index in [0.717, 1.165) is 61.3 Å². The third-order valence-electron chi connectivity index (χ3n) is 6.14. The van der Waals surface area contributed by atoms with Crippen molar-refractivity contribution in [3.63, 3.8) is 0 Å². The predicted molar refractivity (Wildman–Crippen MR) is 142 cm³/mol. The maximum Gasteiger partial charge on any atom is 0.123 e. The Hall–Kier alpha value is -4.45. The van der Waals surface area contributed by atoms with E-state index < -0.39 is 0 Å². The molecule has 0 atom stereocenters. The van der Waals surface area contributed by atoms with Crippen LogP contribution < -0.4 is 0 Å². The molecule has 2 aromatic carbocycles. The fourth-order valence-corrected chi connectivity index (χ4v) is 4.31. The van der Waals surface area contributed by atoms with Gasteiger partial charge < -0.3 is 9.88 Å². The Balaban J connectivity index is 1.62. The molecule has 0 spiro atoms. The number of nitrogens with one attached hydrogen (secondary N) is 2. The molecule has 0 fully saturated rings. The molecule has 0 saturated carbocycles. The highest BCUT2D eigenvalue weighted by Gasteiger charge is 2.15. The van der Waals surface area contributed by atoms with Crippen LogP contribution >= 0.6 is 0 Å². The Kier molecular flexibility index (Phi) is 5.79. The van der Waals surface area contributed by atoms with Crippen LogP contribution in [-0.2, 0) is 0 Å². The average Bonchev–Trinajstić information content (AvgIpc) is 3.48. The number of hydrogen-bond acceptors (Lipinski definition) is 3. The van der Waals surface area contributed by atoms with Crippen molar-refractivity contribution in [2.45, 2.75) is 6.92 Å². The summed E-state index contributed by atoms with van der Waals surface area (Å²) in [5.41, 5.74) is 8.14. The number of rotatable bonds is 6. The maximum absolute atomic E-state index is 13.9. The molecule has 0 aliphatic heterocycles. The average molecular weight is 464 g/mol. The van der Waals surface area contributed by atoms with Crippen LogP contribution in [0, 0.1) is 5.82 Å². The second-order valence-corrected chi connectivity index (χ2v) is 8.56. The summed E-state index contributed by atoms with van der Waals surface area (Å²) in [6, 6.07) is 16.8. The van der Waals surface area contributed by atoms with E-state index in [4.69, 9.17) is 0 Å². The predicted octanol–water partition coefficient (Wildman–Crippen LogP) is 6.95. The van der Waals surface area contributed by atoms with Crippen LogP contribution in [0.25, 0.3) is 49.9 Å². The van der Waals surface area contributed by atoms with E-state index in [-0.39, 0.29) is 5.82 Å². The van der Waals surface area contributed by atoms with Crippen molar-refractivity contribution in [1.82, 2.24) is 25.1 Å². The molecule has 3 aromatic heterocycles. The normalized spacial score (nSPS) is 12.5. The zero-order valence-electron chi connectivity index (χ0n) is 19.9. The van der Waals surface area contributed by atoms with Crippen LogP contribution in [0.15, 0.2) is 91.3 Å². The lowest BCUT2D eigenvalue weighted by molar-refractivity contribution is 0.530. The summed E-state index contributed by atoms with van der Waals surface area (Å²) in [4.78, 5) is 10.2. The zero-order valence-corrected chi connectivity index (χ0v) is 19.9. The smallest absolute Gasteiger partial charge is 0.123 e. The number of nitrogens with zero attached hydrogens (tertiary/aromatic N) is 3. The van der Waals surface area contributed by atoms with E-state index in [0.29, 0.717) is 0 Å². The van der Waals surface area contributed by atoms with Crippen molar-refractivity contribution in [1.29, 1.82) is 0 Å². The van der Waals surface area contributed by atoms with Crippen molar-refractivity contribution < 1.29 is 4.39 Å². The van der Waals surface area contributed by atoms with Gasteiger partial charge in [0.1, 0.15) is 11.5 Å². The van der Waals surface area contributed by atoms with Crippen molar-refractivity contribution in [3.8, 4) is 22.5 Å². The van der Waals surface area contributed by atoms with E-state index in [1.807, 2.05) is 68.5 Å². The second-order valence-electron chi connectivity index (χ2n) is 8.56. The first-order valence-electron chi connectivity index (χ1n) is 11.4. The third kappa shape index (κ3) is 4.15. The van der Waals surface area contributed by atoms with Crippen molar-refractivity contribution in [2.75, 3.05) is 14.1 Å². The first kappa shape index (κ1) is 22.3. The van der Waals surface area contributed by atoms with E-state index in [9.17, 15) is 4.39 Å². The number of fused-ring (bicyclic) bond motifs is 2. The van der Waals surface area contributed by atoms with Gasteiger partial charge in [-0.15, -0.1) is 0 Å². The number of benzene rings is 2. The standard InChI is InChI=1S/C29H26FN5/c1-5-18(14-21(6-2)35(3)4)26-16-24-28(17-31-26)33-34-29(24)27-15-23-22(11-8-12-25(23)32-27)19-9-7-10-20(30)13-19/h5-17,32H,2H2,1,3-4H3,(H,33,34)/b18-5+,21-14+. The number of aromatic nitrogens is 4. The summed E-state index contributed by atoms with van der Waals surface area (Å²) in [5.74, 6) is -0.253. The number of H-pyrrole nitrogens is 2. The molecule has 0 amide bonds. The highest BCUT2D eigenvalue weighted by atomic mass is 19.1. The van der Waals surface area contributed by atoms with Gasteiger partial charge in [0, 0.05) is 36.1 Å². The molecule has 5 rings (SSSR count). The SMILES string of the molecule is C=C/C(=C\C(=C/C)c1cc2c(-c3cc4c(-c5cccc(F)c5)cccc4[nH]3)n[nH]c2cn1)N(C)C. The molecule has 5 nitrogen and oxygen atoms in total. The lowest BCUT2D eigenvalue weighted by atomic mass is 10.0. The molecule has 3 heterocycles. The number of likely N-dealkylation sites (N-methyl/N-ethyl adjacent to an activating group) is 1. The van der Waals surface area contributed by atoms with Gasteiger partial charge in [0.05, 0.1) is 23.1 Å². The Labute approximate surface area is 203 Å². The van der Waals surface area contributed by atoms with Crippen molar-refractivity contribution in [2.24, 2.45) is 0 Å². The van der Waals surface area contributed by atoms with E-state index in [1.165, 1.54) is 6.07 Å². The molecule has 0 aliphatic carbocycles. The summed E-state index contributed by atoms with van der Waals surface area (Å²) in [6.45, 7) is 5.91. The molecular weight excluding hydrogens is 437 g/mol. The first-order chi connectivity index (χ1) is 17.0. The van der Waals surface area contributed by atoms with Gasteiger partial charge in [-0.25, -0.2) is 4.39 Å². The van der Waals surface area contributed by atoms with Gasteiger partial charge in [0.15, 0.2) is 0 Å². The molecule has 0 aliphatic rings. The number of allylic oxidation sites excluding steroid dienone is 4. The van der Waals surface area contributed by atoms with Crippen LogP contribution in [0.2, 0.25) is 0 Å². The van der Waals surface area contributed by atoms with Crippen LogP contribution in [0.5, 0.6) is 0 Å². The molecule has 6 heteroatoms. The minimum Gasteiger partial charge on any atom is -0.378 e. The van der Waals surface area contributed by atoms with Gasteiger partial charge in [-0.1, -0.05) is 36.9 Å². The molecule has 0 bridgehead atoms. The zero-order chi connectivity index (χ0) is 24.5. The molecule has 174 valence electrons. The van der Waals surface area contributed by atoms with Gasteiger partial charge in [-0.05, 0) is 66.1 Å². The molecular formula is C29H26FN5. The fraction of sp³-hybridized carbons (Fsp3) is 0.103. The molecule has 35 heavy (non-hydrogen) atoms. The van der Waals surface area contributed by atoms with E-state index >= 15 is 0 Å². The summed E-state index contributed by atoms with van der Waals surface area (Å²) >= 11 is 0. The maximum atomic E-state index is 13.9. The van der Waals surface area contributed by atoms with Gasteiger partial charge >= 0.3 is 0 Å². The topological polar surface area (TPSA) is 60.6 Å². The molecule has 0 radical (unpaired) electrons. The van der Waals surface area contributed by atoms with Gasteiger partial charge in [0.2, 0.25) is 0 Å². The quantitative estimate of drug-likeness (QED) is 0.268. The monoisotopic (exact) mass is 463 g/mol. The Bertz CT molecular complexity index is 1620. The van der Waals surface area contributed by atoms with Crippen LogP contribution in [-0.4, -0.2) is 39.2 Å². The van der Waals surface area contributed by atoms with E-state index in [2.05, 4.69) is 45.0 Å². The molecule has 5 aromatic rings. The first-order valence-corrected chi connectivity index (χ1v) is 11.4. The Morgan fingerprint density at radius 3 is 2.60 bits per heavy atom. The Morgan fingerprint density at radius 2 is 1.86 bits per heavy atom. The number of aromatic amines is 2. The third-order valence-corrected chi connectivity index (χ3v) is 6.14.